The van der Waals surface area contributed by atoms with Crippen LogP contribution in [0.5, 0.6) is 5.75 Å². The molecular weight excluding hydrogens is 268 g/mol. The molecule has 0 aliphatic carbocycles. The minimum Gasteiger partial charge on any atom is -0.496 e. The lowest BCUT2D eigenvalue weighted by atomic mass is 10.1. The highest BCUT2D eigenvalue weighted by Gasteiger charge is 2.15. The van der Waals surface area contributed by atoms with Crippen LogP contribution in [0.4, 0.5) is 0 Å². The van der Waals surface area contributed by atoms with E-state index in [0.717, 1.165) is 6.26 Å². The molecule has 0 saturated heterocycles. The van der Waals surface area contributed by atoms with Gasteiger partial charge in [-0.15, -0.1) is 0 Å². The van der Waals surface area contributed by atoms with E-state index in [9.17, 15) is 13.2 Å². The molecule has 0 bridgehead atoms. The Labute approximate surface area is 110 Å². The number of aldehydes is 1. The highest BCUT2D eigenvalue weighted by atomic mass is 32.2. The number of hydrogen-bond donors (Lipinski definition) is 0. The summed E-state index contributed by atoms with van der Waals surface area (Å²) < 4.78 is 33.6. The van der Waals surface area contributed by atoms with Crippen LogP contribution in [-0.4, -0.2) is 28.1 Å². The van der Waals surface area contributed by atoms with Crippen molar-refractivity contribution in [2.45, 2.75) is 4.90 Å². The van der Waals surface area contributed by atoms with Gasteiger partial charge in [-0.3, -0.25) is 4.79 Å². The maximum atomic E-state index is 11.5. The second-order valence-electron chi connectivity index (χ2n) is 3.95. The molecule has 5 nitrogen and oxygen atoms in total. The lowest BCUT2D eigenvalue weighted by Gasteiger charge is -2.08. The van der Waals surface area contributed by atoms with Gasteiger partial charge >= 0.3 is 0 Å². The Balaban J connectivity index is 2.62. The number of rotatable bonds is 4. The first-order chi connectivity index (χ1) is 8.95. The summed E-state index contributed by atoms with van der Waals surface area (Å²) in [5.41, 5.74) is 0.485. The monoisotopic (exact) mass is 280 g/mol. The van der Waals surface area contributed by atoms with Crippen LogP contribution in [-0.2, 0) is 9.84 Å². The van der Waals surface area contributed by atoms with Gasteiger partial charge in [0.1, 0.15) is 11.5 Å². The van der Waals surface area contributed by atoms with Gasteiger partial charge in [-0.1, -0.05) is 0 Å². The van der Waals surface area contributed by atoms with Crippen LogP contribution < -0.4 is 4.74 Å². The summed E-state index contributed by atoms with van der Waals surface area (Å²) in [4.78, 5) is 10.8. The van der Waals surface area contributed by atoms with Crippen molar-refractivity contribution in [2.24, 2.45) is 0 Å². The topological polar surface area (TPSA) is 73.6 Å². The van der Waals surface area contributed by atoms with E-state index < -0.39 is 9.84 Å². The highest BCUT2D eigenvalue weighted by molar-refractivity contribution is 7.90. The Kier molecular flexibility index (Phi) is 3.44. The molecule has 2 aromatic rings. The summed E-state index contributed by atoms with van der Waals surface area (Å²) in [6, 6.07) is 7.57. The summed E-state index contributed by atoms with van der Waals surface area (Å²) in [6.07, 6.45) is 1.70. The number of benzene rings is 1. The van der Waals surface area contributed by atoms with Gasteiger partial charge in [-0.2, -0.15) is 0 Å². The fraction of sp³-hybridized carbons (Fsp3) is 0.154. The summed E-state index contributed by atoms with van der Waals surface area (Å²) >= 11 is 0. The van der Waals surface area contributed by atoms with Crippen molar-refractivity contribution in [2.75, 3.05) is 13.4 Å². The molecule has 19 heavy (non-hydrogen) atoms. The number of sulfone groups is 1. The van der Waals surface area contributed by atoms with Gasteiger partial charge in [0, 0.05) is 6.26 Å². The van der Waals surface area contributed by atoms with E-state index in [1.54, 1.807) is 12.1 Å². The minimum absolute atomic E-state index is 0.160. The Morgan fingerprint density at radius 2 is 1.95 bits per heavy atom. The van der Waals surface area contributed by atoms with E-state index in [0.29, 0.717) is 23.4 Å². The molecule has 0 atom stereocenters. The highest BCUT2D eigenvalue weighted by Crippen LogP contribution is 2.33. The van der Waals surface area contributed by atoms with Crippen LogP contribution in [0.25, 0.3) is 11.3 Å². The molecule has 0 fully saturated rings. The predicted molar refractivity (Wildman–Crippen MR) is 69.2 cm³/mol. The van der Waals surface area contributed by atoms with Crippen molar-refractivity contribution >= 4 is 16.1 Å². The average Bonchev–Trinajstić information content (AvgIpc) is 2.85. The first-order valence-electron chi connectivity index (χ1n) is 5.39. The van der Waals surface area contributed by atoms with Gasteiger partial charge in [0.05, 0.1) is 17.6 Å². The molecule has 2 rings (SSSR count). The zero-order chi connectivity index (χ0) is 14.0. The molecule has 0 aliphatic rings. The third kappa shape index (κ3) is 2.68. The van der Waals surface area contributed by atoms with Crippen molar-refractivity contribution in [1.29, 1.82) is 0 Å². The number of furan rings is 1. The van der Waals surface area contributed by atoms with Crippen LogP contribution in [0.2, 0.25) is 0 Å². The van der Waals surface area contributed by atoms with Crippen LogP contribution >= 0.6 is 0 Å². The number of carbonyl (C=O) groups is 1. The molecule has 0 saturated carbocycles. The summed E-state index contributed by atoms with van der Waals surface area (Å²) in [5.74, 6) is 1.02. The van der Waals surface area contributed by atoms with Gasteiger partial charge < -0.3 is 9.15 Å². The average molecular weight is 280 g/mol. The smallest absolute Gasteiger partial charge is 0.185 e. The fourth-order valence-corrected chi connectivity index (χ4v) is 2.32. The number of carbonyl (C=O) groups excluding carboxylic acids is 1. The van der Waals surface area contributed by atoms with E-state index >= 15 is 0 Å². The number of methoxy groups -OCH3 is 1. The second kappa shape index (κ2) is 4.89. The molecule has 1 heterocycles. The lowest BCUT2D eigenvalue weighted by molar-refractivity contribution is 0.110. The van der Waals surface area contributed by atoms with Crippen molar-refractivity contribution in [3.63, 3.8) is 0 Å². The minimum atomic E-state index is -3.32. The van der Waals surface area contributed by atoms with Crippen molar-refractivity contribution in [3.05, 3.63) is 36.1 Å². The molecule has 1 aromatic heterocycles. The van der Waals surface area contributed by atoms with Gasteiger partial charge in [0.25, 0.3) is 0 Å². The van der Waals surface area contributed by atoms with Gasteiger partial charge in [-0.25, -0.2) is 8.42 Å². The maximum Gasteiger partial charge on any atom is 0.185 e. The van der Waals surface area contributed by atoms with Gasteiger partial charge in [0.2, 0.25) is 0 Å². The molecule has 0 amide bonds. The van der Waals surface area contributed by atoms with Gasteiger partial charge in [0.15, 0.2) is 21.9 Å². The Morgan fingerprint density at radius 1 is 1.21 bits per heavy atom. The third-order valence-corrected chi connectivity index (χ3v) is 3.72. The Hall–Kier alpha value is -2.08. The first-order valence-corrected chi connectivity index (χ1v) is 7.28. The van der Waals surface area contributed by atoms with E-state index in [1.165, 1.54) is 25.3 Å². The second-order valence-corrected chi connectivity index (χ2v) is 5.97. The number of hydrogen-bond acceptors (Lipinski definition) is 5. The molecule has 6 heteroatoms. The SMILES string of the molecule is COc1ccc(S(C)(=O)=O)cc1-c1ccc(C=O)o1. The van der Waals surface area contributed by atoms with E-state index in [2.05, 4.69) is 0 Å². The normalized spacial score (nSPS) is 11.3. The molecule has 100 valence electrons. The van der Waals surface area contributed by atoms with Crippen LogP contribution in [0, 0.1) is 0 Å². The van der Waals surface area contributed by atoms with Crippen molar-refractivity contribution < 1.29 is 22.4 Å². The quantitative estimate of drug-likeness (QED) is 0.802. The van der Waals surface area contributed by atoms with Crippen LogP contribution in [0.3, 0.4) is 0 Å². The summed E-state index contributed by atoms with van der Waals surface area (Å²) in [6.45, 7) is 0. The fourth-order valence-electron chi connectivity index (χ4n) is 1.67. The Morgan fingerprint density at radius 3 is 2.47 bits per heavy atom. The summed E-state index contributed by atoms with van der Waals surface area (Å²) in [7, 11) is -1.85. The zero-order valence-electron chi connectivity index (χ0n) is 10.4. The van der Waals surface area contributed by atoms with Crippen LogP contribution in [0.15, 0.2) is 39.6 Å². The zero-order valence-corrected chi connectivity index (χ0v) is 11.2. The molecule has 0 radical (unpaired) electrons. The molecule has 0 spiro atoms. The van der Waals surface area contributed by atoms with Gasteiger partial charge in [-0.05, 0) is 30.3 Å². The molecule has 0 N–H and O–H groups in total. The standard InChI is InChI=1S/C13H12O5S/c1-17-12-6-4-10(19(2,15)16)7-11(12)13-5-3-9(8-14)18-13/h3-8H,1-2H3. The van der Waals surface area contributed by atoms with Crippen molar-refractivity contribution in [1.82, 2.24) is 0 Å². The molecule has 1 aromatic carbocycles. The molecular formula is C13H12O5S. The molecule has 0 unspecified atom stereocenters. The molecule has 0 aliphatic heterocycles. The Bertz CT molecular complexity index is 712. The largest absolute Gasteiger partial charge is 0.496 e. The third-order valence-electron chi connectivity index (χ3n) is 2.61. The number of ether oxygens (including phenoxy) is 1. The predicted octanol–water partition coefficient (Wildman–Crippen LogP) is 2.17. The van der Waals surface area contributed by atoms with E-state index in [-0.39, 0.29) is 10.7 Å². The van der Waals surface area contributed by atoms with E-state index in [4.69, 9.17) is 9.15 Å². The van der Waals surface area contributed by atoms with Crippen molar-refractivity contribution in [3.8, 4) is 17.1 Å². The maximum absolute atomic E-state index is 11.5. The summed E-state index contributed by atoms with van der Waals surface area (Å²) in [5, 5.41) is 0. The lowest BCUT2D eigenvalue weighted by Crippen LogP contribution is -1.98. The first kappa shape index (κ1) is 13.4. The van der Waals surface area contributed by atoms with Crippen LogP contribution in [0.1, 0.15) is 10.6 Å². The van der Waals surface area contributed by atoms with E-state index in [1.807, 2.05) is 0 Å².